The fraction of sp³-hybridized carbons (Fsp3) is 0.333. The molecule has 0 aliphatic rings. The SMILES string of the molecule is CC(C)CCNC(=O)n1ccnc1Oc1ccccc1. The number of aromatic nitrogens is 2. The Hall–Kier alpha value is -2.30. The summed E-state index contributed by atoms with van der Waals surface area (Å²) in [5.41, 5.74) is 0. The van der Waals surface area contributed by atoms with E-state index in [9.17, 15) is 4.79 Å². The number of carbonyl (C=O) groups is 1. The molecule has 106 valence electrons. The van der Waals surface area contributed by atoms with Crippen LogP contribution < -0.4 is 10.1 Å². The first-order valence-electron chi connectivity index (χ1n) is 6.71. The summed E-state index contributed by atoms with van der Waals surface area (Å²) in [6, 6.07) is 9.30. The number of imidazole rings is 1. The quantitative estimate of drug-likeness (QED) is 0.909. The monoisotopic (exact) mass is 273 g/mol. The number of ether oxygens (including phenoxy) is 1. The summed E-state index contributed by atoms with van der Waals surface area (Å²) in [6.07, 6.45) is 4.07. The number of carbonyl (C=O) groups excluding carboxylic acids is 1. The van der Waals surface area contributed by atoms with Gasteiger partial charge in [-0.1, -0.05) is 32.0 Å². The number of hydrogen-bond donors (Lipinski definition) is 1. The summed E-state index contributed by atoms with van der Waals surface area (Å²) in [6.45, 7) is 4.88. The second-order valence-electron chi connectivity index (χ2n) is 4.91. The second-order valence-corrected chi connectivity index (χ2v) is 4.91. The molecule has 1 heterocycles. The van der Waals surface area contributed by atoms with E-state index in [0.717, 1.165) is 6.42 Å². The van der Waals surface area contributed by atoms with E-state index in [4.69, 9.17) is 4.74 Å². The predicted molar refractivity (Wildman–Crippen MR) is 77.0 cm³/mol. The molecule has 20 heavy (non-hydrogen) atoms. The minimum atomic E-state index is -0.228. The average Bonchev–Trinajstić information content (AvgIpc) is 2.87. The van der Waals surface area contributed by atoms with Gasteiger partial charge in [-0.2, -0.15) is 0 Å². The van der Waals surface area contributed by atoms with Crippen LogP contribution in [0.5, 0.6) is 11.8 Å². The Bertz CT molecular complexity index is 549. The van der Waals surface area contributed by atoms with Crippen LogP contribution in [0.3, 0.4) is 0 Å². The van der Waals surface area contributed by atoms with E-state index in [1.807, 2.05) is 30.3 Å². The fourth-order valence-corrected chi connectivity index (χ4v) is 1.67. The lowest BCUT2D eigenvalue weighted by atomic mass is 10.1. The van der Waals surface area contributed by atoms with Crippen molar-refractivity contribution in [3.05, 3.63) is 42.7 Å². The van der Waals surface area contributed by atoms with Crippen molar-refractivity contribution in [2.45, 2.75) is 20.3 Å². The number of para-hydroxylation sites is 1. The second kappa shape index (κ2) is 6.75. The Morgan fingerprint density at radius 2 is 2.10 bits per heavy atom. The standard InChI is InChI=1S/C15H19N3O2/c1-12(2)8-9-16-14(19)18-11-10-17-15(18)20-13-6-4-3-5-7-13/h3-7,10-12H,8-9H2,1-2H3,(H,16,19). The van der Waals surface area contributed by atoms with E-state index in [2.05, 4.69) is 24.1 Å². The van der Waals surface area contributed by atoms with Crippen molar-refractivity contribution in [2.24, 2.45) is 5.92 Å². The zero-order valence-corrected chi connectivity index (χ0v) is 11.7. The third kappa shape index (κ3) is 3.85. The lowest BCUT2D eigenvalue weighted by Gasteiger charge is -2.10. The molecule has 0 fully saturated rings. The van der Waals surface area contributed by atoms with Gasteiger partial charge in [0.05, 0.1) is 0 Å². The summed E-state index contributed by atoms with van der Waals surface area (Å²) in [4.78, 5) is 16.1. The minimum Gasteiger partial charge on any atom is -0.425 e. The van der Waals surface area contributed by atoms with Gasteiger partial charge < -0.3 is 10.1 Å². The highest BCUT2D eigenvalue weighted by Gasteiger charge is 2.12. The van der Waals surface area contributed by atoms with Crippen molar-refractivity contribution in [2.75, 3.05) is 6.54 Å². The topological polar surface area (TPSA) is 56.2 Å². The summed E-state index contributed by atoms with van der Waals surface area (Å²) < 4.78 is 6.96. The van der Waals surface area contributed by atoms with Crippen LogP contribution in [0.1, 0.15) is 20.3 Å². The smallest absolute Gasteiger partial charge is 0.329 e. The molecule has 0 bridgehead atoms. The predicted octanol–water partition coefficient (Wildman–Crippen LogP) is 3.28. The van der Waals surface area contributed by atoms with Gasteiger partial charge in [-0.3, -0.25) is 0 Å². The largest absolute Gasteiger partial charge is 0.425 e. The summed E-state index contributed by atoms with van der Waals surface area (Å²) in [5.74, 6) is 1.20. The Morgan fingerprint density at radius 3 is 2.80 bits per heavy atom. The highest BCUT2D eigenvalue weighted by atomic mass is 16.5. The van der Waals surface area contributed by atoms with Gasteiger partial charge in [0.15, 0.2) is 0 Å². The lowest BCUT2D eigenvalue weighted by Crippen LogP contribution is -2.29. The highest BCUT2D eigenvalue weighted by Crippen LogP contribution is 2.18. The first-order valence-corrected chi connectivity index (χ1v) is 6.71. The van der Waals surface area contributed by atoms with Crippen molar-refractivity contribution < 1.29 is 9.53 Å². The maximum Gasteiger partial charge on any atom is 0.329 e. The maximum absolute atomic E-state index is 12.0. The van der Waals surface area contributed by atoms with Crippen LogP contribution in [-0.4, -0.2) is 22.1 Å². The van der Waals surface area contributed by atoms with E-state index in [0.29, 0.717) is 18.2 Å². The third-order valence-corrected chi connectivity index (χ3v) is 2.78. The Kier molecular flexibility index (Phi) is 4.76. The molecule has 1 aromatic carbocycles. The zero-order chi connectivity index (χ0) is 14.4. The number of amides is 1. The van der Waals surface area contributed by atoms with E-state index in [1.54, 1.807) is 12.4 Å². The summed E-state index contributed by atoms with van der Waals surface area (Å²) in [7, 11) is 0. The number of hydrogen-bond acceptors (Lipinski definition) is 3. The first-order chi connectivity index (χ1) is 9.66. The number of nitrogens with one attached hydrogen (secondary N) is 1. The summed E-state index contributed by atoms with van der Waals surface area (Å²) >= 11 is 0. The van der Waals surface area contributed by atoms with Gasteiger partial charge >= 0.3 is 12.0 Å². The van der Waals surface area contributed by atoms with Crippen molar-refractivity contribution in [3.63, 3.8) is 0 Å². The van der Waals surface area contributed by atoms with E-state index in [1.165, 1.54) is 4.57 Å². The number of benzene rings is 1. The Labute approximate surface area is 118 Å². The molecular formula is C15H19N3O2. The van der Waals surface area contributed by atoms with Gasteiger partial charge in [0, 0.05) is 18.9 Å². The van der Waals surface area contributed by atoms with Gasteiger partial charge in [0.2, 0.25) is 0 Å². The molecule has 5 nitrogen and oxygen atoms in total. The Morgan fingerprint density at radius 1 is 1.35 bits per heavy atom. The van der Waals surface area contributed by atoms with Gasteiger partial charge in [-0.15, -0.1) is 0 Å². The van der Waals surface area contributed by atoms with Crippen LogP contribution in [0.15, 0.2) is 42.7 Å². The molecule has 2 rings (SSSR count). The van der Waals surface area contributed by atoms with Crippen molar-refractivity contribution in [1.29, 1.82) is 0 Å². The summed E-state index contributed by atoms with van der Waals surface area (Å²) in [5, 5.41) is 2.85. The van der Waals surface area contributed by atoms with Crippen LogP contribution in [0, 0.1) is 5.92 Å². The van der Waals surface area contributed by atoms with Gasteiger partial charge in [-0.05, 0) is 24.5 Å². The van der Waals surface area contributed by atoms with E-state index < -0.39 is 0 Å². The number of rotatable bonds is 5. The van der Waals surface area contributed by atoms with Gasteiger partial charge in [0.1, 0.15) is 5.75 Å². The Balaban J connectivity index is 1.99. The highest BCUT2D eigenvalue weighted by molar-refractivity contribution is 5.77. The normalized spacial score (nSPS) is 10.6. The van der Waals surface area contributed by atoms with Crippen LogP contribution >= 0.6 is 0 Å². The van der Waals surface area contributed by atoms with Crippen LogP contribution in [-0.2, 0) is 0 Å². The maximum atomic E-state index is 12.0. The van der Waals surface area contributed by atoms with Crippen LogP contribution in [0.4, 0.5) is 4.79 Å². The molecule has 1 N–H and O–H groups in total. The molecular weight excluding hydrogens is 254 g/mol. The van der Waals surface area contributed by atoms with Crippen molar-refractivity contribution >= 4 is 6.03 Å². The molecule has 0 atom stereocenters. The van der Waals surface area contributed by atoms with E-state index in [-0.39, 0.29) is 12.0 Å². The molecule has 0 radical (unpaired) electrons. The molecule has 0 aliphatic carbocycles. The van der Waals surface area contributed by atoms with Crippen molar-refractivity contribution in [1.82, 2.24) is 14.9 Å². The fourth-order valence-electron chi connectivity index (χ4n) is 1.67. The molecule has 5 heteroatoms. The molecule has 0 unspecified atom stereocenters. The zero-order valence-electron chi connectivity index (χ0n) is 11.7. The van der Waals surface area contributed by atoms with Crippen LogP contribution in [0.25, 0.3) is 0 Å². The molecule has 1 aromatic heterocycles. The molecule has 0 saturated heterocycles. The molecule has 0 saturated carbocycles. The van der Waals surface area contributed by atoms with Gasteiger partial charge in [-0.25, -0.2) is 14.3 Å². The van der Waals surface area contributed by atoms with Gasteiger partial charge in [0.25, 0.3) is 0 Å². The minimum absolute atomic E-state index is 0.228. The number of nitrogens with zero attached hydrogens (tertiary/aromatic N) is 2. The van der Waals surface area contributed by atoms with E-state index >= 15 is 0 Å². The average molecular weight is 273 g/mol. The molecule has 2 aromatic rings. The third-order valence-electron chi connectivity index (χ3n) is 2.78. The molecule has 0 aliphatic heterocycles. The van der Waals surface area contributed by atoms with Crippen molar-refractivity contribution in [3.8, 4) is 11.8 Å². The molecule has 1 amide bonds. The lowest BCUT2D eigenvalue weighted by molar-refractivity contribution is 0.239. The molecule has 0 spiro atoms. The van der Waals surface area contributed by atoms with Crippen LogP contribution in [0.2, 0.25) is 0 Å². The first kappa shape index (κ1) is 14.1.